The van der Waals surface area contributed by atoms with Crippen molar-refractivity contribution < 1.29 is 14.3 Å². The quantitative estimate of drug-likeness (QED) is 0.454. The van der Waals surface area contributed by atoms with Crippen LogP contribution in [-0.4, -0.2) is 17.0 Å². The van der Waals surface area contributed by atoms with E-state index in [-0.39, 0.29) is 11.1 Å². The van der Waals surface area contributed by atoms with Crippen LogP contribution in [-0.2, 0) is 11.4 Å². The van der Waals surface area contributed by atoms with Crippen molar-refractivity contribution in [3.05, 3.63) is 104 Å². The minimum atomic E-state index is -0.453. The summed E-state index contributed by atoms with van der Waals surface area (Å²) >= 11 is 13.1. The van der Waals surface area contributed by atoms with Crippen LogP contribution in [0.25, 0.3) is 6.08 Å². The van der Waals surface area contributed by atoms with Crippen LogP contribution in [0, 0.1) is 0 Å². The number of amides is 2. The van der Waals surface area contributed by atoms with E-state index in [1.807, 2.05) is 48.5 Å². The van der Waals surface area contributed by atoms with Gasteiger partial charge < -0.3 is 10.1 Å². The van der Waals surface area contributed by atoms with Crippen LogP contribution in [0.15, 0.2) is 82.7 Å². The van der Waals surface area contributed by atoms with Crippen molar-refractivity contribution in [3.63, 3.8) is 0 Å². The zero-order valence-corrected chi connectivity index (χ0v) is 18.9. The molecule has 1 aliphatic rings. The second-order valence-corrected chi connectivity index (χ2v) is 8.62. The molecule has 3 aromatic carbocycles. The number of aliphatic imine (C=N–C) groups is 1. The number of rotatable bonds is 5. The van der Waals surface area contributed by atoms with Gasteiger partial charge in [-0.25, -0.2) is 0 Å². The van der Waals surface area contributed by atoms with Gasteiger partial charge in [0, 0.05) is 21.2 Å². The summed E-state index contributed by atoms with van der Waals surface area (Å²) in [6.07, 6.45) is 1.73. The molecule has 0 unspecified atom stereocenters. The molecule has 0 radical (unpaired) electrons. The van der Waals surface area contributed by atoms with Crippen LogP contribution >= 0.6 is 35.0 Å². The molecule has 0 atom stereocenters. The maximum Gasteiger partial charge on any atom is 0.279 e. The Morgan fingerprint density at radius 3 is 2.44 bits per heavy atom. The molecule has 5 nitrogen and oxygen atoms in total. The Kier molecular flexibility index (Phi) is 6.95. The number of amidine groups is 1. The predicted octanol–water partition coefficient (Wildman–Crippen LogP) is 5.97. The highest BCUT2D eigenvalue weighted by Crippen LogP contribution is 2.27. The number of ether oxygens (including phenoxy) is 1. The molecule has 1 fully saturated rings. The van der Waals surface area contributed by atoms with E-state index in [0.717, 1.165) is 22.9 Å². The van der Waals surface area contributed by atoms with Crippen LogP contribution in [0.3, 0.4) is 0 Å². The van der Waals surface area contributed by atoms with Gasteiger partial charge in [0.15, 0.2) is 5.17 Å². The van der Waals surface area contributed by atoms with E-state index in [1.165, 1.54) is 0 Å². The maximum atomic E-state index is 12.3. The summed E-state index contributed by atoms with van der Waals surface area (Å²) in [6.45, 7) is 0.361. The van der Waals surface area contributed by atoms with E-state index in [0.29, 0.717) is 32.9 Å². The van der Waals surface area contributed by atoms with Gasteiger partial charge in [0.2, 0.25) is 0 Å². The zero-order valence-electron chi connectivity index (χ0n) is 16.5. The van der Waals surface area contributed by atoms with Gasteiger partial charge in [-0.2, -0.15) is 4.99 Å². The zero-order chi connectivity index (χ0) is 22.5. The lowest BCUT2D eigenvalue weighted by Gasteiger charge is -2.08. The average Bonchev–Trinajstić information content (AvgIpc) is 3.13. The van der Waals surface area contributed by atoms with Gasteiger partial charge in [-0.15, -0.1) is 0 Å². The Morgan fingerprint density at radius 1 is 1.00 bits per heavy atom. The van der Waals surface area contributed by atoms with Crippen molar-refractivity contribution in [2.75, 3.05) is 0 Å². The Labute approximate surface area is 199 Å². The number of hydrogen-bond acceptors (Lipinski definition) is 4. The summed E-state index contributed by atoms with van der Waals surface area (Å²) in [5, 5.41) is 4.04. The smallest absolute Gasteiger partial charge is 0.279 e. The van der Waals surface area contributed by atoms with Gasteiger partial charge >= 0.3 is 0 Å². The third-order valence-corrected chi connectivity index (χ3v) is 6.01. The highest BCUT2D eigenvalue weighted by Gasteiger charge is 2.24. The van der Waals surface area contributed by atoms with Crippen molar-refractivity contribution in [2.45, 2.75) is 6.61 Å². The van der Waals surface area contributed by atoms with Gasteiger partial charge in [-0.05, 0) is 65.9 Å². The van der Waals surface area contributed by atoms with Gasteiger partial charge in [0.25, 0.3) is 11.8 Å². The van der Waals surface area contributed by atoms with E-state index < -0.39 is 5.91 Å². The lowest BCUT2D eigenvalue weighted by Crippen LogP contribution is -2.20. The second-order valence-electron chi connectivity index (χ2n) is 6.74. The lowest BCUT2D eigenvalue weighted by atomic mass is 10.2. The summed E-state index contributed by atoms with van der Waals surface area (Å²) in [4.78, 5) is 29.0. The molecule has 1 aliphatic heterocycles. The molecule has 1 heterocycles. The first kappa shape index (κ1) is 22.1. The Hall–Kier alpha value is -3.06. The van der Waals surface area contributed by atoms with Crippen molar-refractivity contribution in [3.8, 4) is 5.75 Å². The molecule has 160 valence electrons. The lowest BCUT2D eigenvalue weighted by molar-refractivity contribution is -0.115. The molecule has 3 aromatic rings. The molecule has 0 aliphatic carbocycles. The van der Waals surface area contributed by atoms with Gasteiger partial charge in [-0.3, -0.25) is 9.59 Å². The van der Waals surface area contributed by atoms with Crippen molar-refractivity contribution in [1.29, 1.82) is 0 Å². The minimum absolute atomic E-state index is 0.237. The van der Waals surface area contributed by atoms with Crippen LogP contribution < -0.4 is 10.1 Å². The summed E-state index contributed by atoms with van der Waals surface area (Å²) in [5.41, 5.74) is 2.11. The molecular formula is C24H16Cl2N2O3S. The molecule has 0 bridgehead atoms. The fourth-order valence-electron chi connectivity index (χ4n) is 2.82. The van der Waals surface area contributed by atoms with Crippen molar-refractivity contribution in [1.82, 2.24) is 5.32 Å². The number of nitrogens with one attached hydrogen (secondary N) is 1. The van der Waals surface area contributed by atoms with E-state index in [1.54, 1.807) is 30.3 Å². The maximum absolute atomic E-state index is 12.3. The number of halogens is 2. The molecule has 0 spiro atoms. The molecule has 32 heavy (non-hydrogen) atoms. The number of benzene rings is 3. The fraction of sp³-hybridized carbons (Fsp3) is 0.0417. The van der Waals surface area contributed by atoms with Crippen molar-refractivity contribution >= 4 is 58.0 Å². The Morgan fingerprint density at radius 2 is 1.72 bits per heavy atom. The number of carbonyl (C=O) groups is 2. The number of nitrogens with zero attached hydrogens (tertiary/aromatic N) is 1. The van der Waals surface area contributed by atoms with Crippen LogP contribution in [0.5, 0.6) is 5.75 Å². The predicted molar refractivity (Wildman–Crippen MR) is 129 cm³/mol. The fourth-order valence-corrected chi connectivity index (χ4v) is 3.95. The molecule has 1 N–H and O–H groups in total. The highest BCUT2D eigenvalue weighted by molar-refractivity contribution is 8.18. The minimum Gasteiger partial charge on any atom is -0.489 e. The first-order valence-corrected chi connectivity index (χ1v) is 11.1. The molecule has 0 saturated carbocycles. The number of thioether (sulfide) groups is 1. The number of carbonyl (C=O) groups excluding carboxylic acids is 2. The largest absolute Gasteiger partial charge is 0.489 e. The van der Waals surface area contributed by atoms with Gasteiger partial charge in [0.1, 0.15) is 12.4 Å². The molecule has 1 saturated heterocycles. The third-order valence-electron chi connectivity index (χ3n) is 4.48. The van der Waals surface area contributed by atoms with E-state index in [9.17, 15) is 9.59 Å². The van der Waals surface area contributed by atoms with E-state index in [4.69, 9.17) is 27.9 Å². The molecule has 4 rings (SSSR count). The standard InChI is InChI=1S/C24H16Cl2N2O3S/c25-18-9-7-16(8-10-18)22(29)27-24-28-23(30)21(32-24)13-15-5-11-19(12-6-15)31-14-17-3-1-2-4-20(17)26/h1-13H,14H2,(H,27,28,29,30)/b21-13-. The summed E-state index contributed by atoms with van der Waals surface area (Å²) < 4.78 is 5.77. The van der Waals surface area contributed by atoms with Crippen molar-refractivity contribution in [2.24, 2.45) is 4.99 Å². The molecular weight excluding hydrogens is 467 g/mol. The van der Waals surface area contributed by atoms with Crippen LogP contribution in [0.4, 0.5) is 0 Å². The highest BCUT2D eigenvalue weighted by atomic mass is 35.5. The Bertz CT molecular complexity index is 1220. The SMILES string of the molecule is O=C1NC(=NC(=O)c2ccc(Cl)cc2)S/C1=C\c1ccc(OCc2ccccc2Cl)cc1. The van der Waals surface area contributed by atoms with E-state index >= 15 is 0 Å². The molecule has 0 aromatic heterocycles. The first-order valence-electron chi connectivity index (χ1n) is 9.54. The molecule has 8 heteroatoms. The number of hydrogen-bond donors (Lipinski definition) is 1. The first-order chi connectivity index (χ1) is 15.5. The van der Waals surface area contributed by atoms with Gasteiger partial charge in [0.05, 0.1) is 4.91 Å². The topological polar surface area (TPSA) is 67.8 Å². The summed E-state index contributed by atoms with van der Waals surface area (Å²) in [7, 11) is 0. The van der Waals surface area contributed by atoms with Gasteiger partial charge in [-0.1, -0.05) is 53.5 Å². The summed E-state index contributed by atoms with van der Waals surface area (Å²) in [5.74, 6) is -0.0751. The average molecular weight is 483 g/mol. The normalized spacial score (nSPS) is 15.8. The monoisotopic (exact) mass is 482 g/mol. The Balaban J connectivity index is 1.40. The van der Waals surface area contributed by atoms with Crippen LogP contribution in [0.2, 0.25) is 10.0 Å². The van der Waals surface area contributed by atoms with E-state index in [2.05, 4.69) is 10.3 Å². The molecule has 2 amide bonds. The third kappa shape index (κ3) is 5.59. The second kappa shape index (κ2) is 10.0. The van der Waals surface area contributed by atoms with Crippen LogP contribution in [0.1, 0.15) is 21.5 Å². The summed E-state index contributed by atoms with van der Waals surface area (Å²) in [6, 6.07) is 21.2.